The maximum Gasteiger partial charge on any atom is 0.106 e. The SMILES string of the molecule is N#CC1(Cc2cc(Cl)ccc2Cl)CCCS1. The third kappa shape index (κ3) is 2.48. The summed E-state index contributed by atoms with van der Waals surface area (Å²) in [6.07, 6.45) is 2.74. The summed E-state index contributed by atoms with van der Waals surface area (Å²) in [5.41, 5.74) is 0.977. The van der Waals surface area contributed by atoms with E-state index in [1.54, 1.807) is 23.9 Å². The Labute approximate surface area is 110 Å². The van der Waals surface area contributed by atoms with Crippen LogP contribution in [0.1, 0.15) is 18.4 Å². The first-order valence-corrected chi connectivity index (χ1v) is 6.88. The first-order chi connectivity index (χ1) is 7.65. The van der Waals surface area contributed by atoms with Gasteiger partial charge in [-0.2, -0.15) is 5.26 Å². The number of nitrogens with zero attached hydrogens (tertiary/aromatic N) is 1. The van der Waals surface area contributed by atoms with Crippen LogP contribution in [0.4, 0.5) is 0 Å². The molecular weight excluding hydrogens is 261 g/mol. The van der Waals surface area contributed by atoms with Crippen LogP contribution < -0.4 is 0 Å². The monoisotopic (exact) mass is 271 g/mol. The third-order valence-corrected chi connectivity index (χ3v) is 4.88. The number of benzene rings is 1. The second kappa shape index (κ2) is 4.87. The van der Waals surface area contributed by atoms with E-state index in [1.807, 2.05) is 6.07 Å². The van der Waals surface area contributed by atoms with E-state index in [9.17, 15) is 5.26 Å². The Bertz CT molecular complexity index is 433. The second-order valence-electron chi connectivity index (χ2n) is 3.97. The largest absolute Gasteiger partial charge is 0.197 e. The molecule has 1 aliphatic rings. The lowest BCUT2D eigenvalue weighted by atomic mass is 9.96. The first kappa shape index (κ1) is 12.1. The third-order valence-electron chi connectivity index (χ3n) is 2.79. The molecule has 1 unspecified atom stereocenters. The quantitative estimate of drug-likeness (QED) is 0.800. The van der Waals surface area contributed by atoms with E-state index >= 15 is 0 Å². The summed E-state index contributed by atoms with van der Waals surface area (Å²) in [6, 6.07) is 7.86. The Balaban J connectivity index is 2.26. The van der Waals surface area contributed by atoms with Crippen LogP contribution in [0.5, 0.6) is 0 Å². The highest BCUT2D eigenvalue weighted by atomic mass is 35.5. The fraction of sp³-hybridized carbons (Fsp3) is 0.417. The molecule has 0 amide bonds. The minimum atomic E-state index is -0.297. The summed E-state index contributed by atoms with van der Waals surface area (Å²) in [5.74, 6) is 1.06. The van der Waals surface area contributed by atoms with E-state index in [2.05, 4.69) is 6.07 Å². The molecular formula is C12H11Cl2NS. The summed E-state index contributed by atoms with van der Waals surface area (Å²) in [4.78, 5) is 0. The fourth-order valence-electron chi connectivity index (χ4n) is 1.95. The van der Waals surface area contributed by atoms with Crippen LogP contribution in [0.25, 0.3) is 0 Å². The molecule has 1 fully saturated rings. The maximum atomic E-state index is 9.29. The van der Waals surface area contributed by atoms with E-state index in [1.165, 1.54) is 0 Å². The molecule has 0 spiro atoms. The molecule has 0 aliphatic carbocycles. The van der Waals surface area contributed by atoms with Gasteiger partial charge in [-0.15, -0.1) is 11.8 Å². The zero-order valence-electron chi connectivity index (χ0n) is 8.67. The van der Waals surface area contributed by atoms with Gasteiger partial charge in [-0.1, -0.05) is 23.2 Å². The fourth-order valence-corrected chi connectivity index (χ4v) is 3.62. The molecule has 0 bridgehead atoms. The van der Waals surface area contributed by atoms with Crippen LogP contribution in [0.15, 0.2) is 18.2 Å². The van der Waals surface area contributed by atoms with Crippen molar-refractivity contribution in [2.45, 2.75) is 24.0 Å². The average Bonchev–Trinajstić information content (AvgIpc) is 2.73. The number of nitriles is 1. The number of hydrogen-bond acceptors (Lipinski definition) is 2. The molecule has 0 radical (unpaired) electrons. The van der Waals surface area contributed by atoms with Gasteiger partial charge in [-0.05, 0) is 42.4 Å². The van der Waals surface area contributed by atoms with Crippen LogP contribution in [-0.4, -0.2) is 10.5 Å². The van der Waals surface area contributed by atoms with Crippen molar-refractivity contribution >= 4 is 35.0 Å². The Hall–Kier alpha value is -0.360. The highest BCUT2D eigenvalue weighted by Crippen LogP contribution is 2.41. The molecule has 1 heterocycles. The van der Waals surface area contributed by atoms with Crippen molar-refractivity contribution in [3.63, 3.8) is 0 Å². The van der Waals surface area contributed by atoms with Gasteiger partial charge in [0, 0.05) is 16.5 Å². The van der Waals surface area contributed by atoms with Gasteiger partial charge < -0.3 is 0 Å². The number of halogens is 2. The molecule has 0 saturated carbocycles. The molecule has 1 nitrogen and oxygen atoms in total. The zero-order valence-corrected chi connectivity index (χ0v) is 11.0. The summed E-state index contributed by atoms with van der Waals surface area (Å²) in [5, 5.41) is 10.7. The molecule has 1 saturated heterocycles. The van der Waals surface area contributed by atoms with Gasteiger partial charge in [0.2, 0.25) is 0 Å². The Morgan fingerprint density at radius 3 is 2.88 bits per heavy atom. The van der Waals surface area contributed by atoms with E-state index in [0.29, 0.717) is 16.5 Å². The standard InChI is InChI=1S/C12H11Cl2NS/c13-10-2-3-11(14)9(6-10)7-12(8-15)4-1-5-16-12/h2-3,6H,1,4-5,7H2. The Kier molecular flexibility index (Phi) is 3.69. The van der Waals surface area contributed by atoms with Crippen LogP contribution in [0.3, 0.4) is 0 Å². The summed E-state index contributed by atoms with van der Waals surface area (Å²) in [7, 11) is 0. The second-order valence-corrected chi connectivity index (χ2v) is 6.29. The average molecular weight is 272 g/mol. The minimum Gasteiger partial charge on any atom is -0.197 e. The Morgan fingerprint density at radius 1 is 1.44 bits per heavy atom. The van der Waals surface area contributed by atoms with E-state index in [-0.39, 0.29) is 4.75 Å². The van der Waals surface area contributed by atoms with Gasteiger partial charge >= 0.3 is 0 Å². The Morgan fingerprint density at radius 2 is 2.25 bits per heavy atom. The van der Waals surface area contributed by atoms with Crippen LogP contribution >= 0.6 is 35.0 Å². The highest BCUT2D eigenvalue weighted by Gasteiger charge is 2.35. The lowest BCUT2D eigenvalue weighted by molar-refractivity contribution is 0.672. The smallest absolute Gasteiger partial charge is 0.106 e. The van der Waals surface area contributed by atoms with Crippen LogP contribution in [0.2, 0.25) is 10.0 Å². The molecule has 1 aromatic carbocycles. The number of rotatable bonds is 2. The molecule has 1 aromatic rings. The van der Waals surface area contributed by atoms with E-state index in [0.717, 1.165) is 24.2 Å². The summed E-state index contributed by atoms with van der Waals surface area (Å²) in [6.45, 7) is 0. The summed E-state index contributed by atoms with van der Waals surface area (Å²) < 4.78 is -0.297. The van der Waals surface area contributed by atoms with Gasteiger partial charge in [-0.25, -0.2) is 0 Å². The lowest BCUT2D eigenvalue weighted by Crippen LogP contribution is -2.21. The molecule has 0 N–H and O–H groups in total. The topological polar surface area (TPSA) is 23.8 Å². The van der Waals surface area contributed by atoms with E-state index < -0.39 is 0 Å². The normalized spacial score (nSPS) is 24.3. The molecule has 4 heteroatoms. The van der Waals surface area contributed by atoms with Gasteiger partial charge in [0.1, 0.15) is 4.75 Å². The number of thioether (sulfide) groups is 1. The molecule has 1 atom stereocenters. The predicted molar refractivity (Wildman–Crippen MR) is 70.2 cm³/mol. The summed E-state index contributed by atoms with van der Waals surface area (Å²) >= 11 is 13.8. The van der Waals surface area contributed by atoms with Crippen molar-refractivity contribution in [1.29, 1.82) is 5.26 Å². The predicted octanol–water partition coefficient (Wildman–Crippen LogP) is 4.33. The van der Waals surface area contributed by atoms with E-state index in [4.69, 9.17) is 23.2 Å². The van der Waals surface area contributed by atoms with Crippen molar-refractivity contribution < 1.29 is 0 Å². The van der Waals surface area contributed by atoms with Gasteiger partial charge in [-0.3, -0.25) is 0 Å². The van der Waals surface area contributed by atoms with Crippen molar-refractivity contribution in [1.82, 2.24) is 0 Å². The highest BCUT2D eigenvalue weighted by molar-refractivity contribution is 8.01. The van der Waals surface area contributed by atoms with Crippen LogP contribution in [-0.2, 0) is 6.42 Å². The maximum absolute atomic E-state index is 9.29. The molecule has 84 valence electrons. The van der Waals surface area contributed by atoms with Gasteiger partial charge in [0.05, 0.1) is 6.07 Å². The first-order valence-electron chi connectivity index (χ1n) is 5.14. The molecule has 2 rings (SSSR count). The van der Waals surface area contributed by atoms with Crippen LogP contribution in [0, 0.1) is 11.3 Å². The van der Waals surface area contributed by atoms with Gasteiger partial charge in [0.15, 0.2) is 0 Å². The minimum absolute atomic E-state index is 0.297. The lowest BCUT2D eigenvalue weighted by Gasteiger charge is -2.19. The van der Waals surface area contributed by atoms with Crippen molar-refractivity contribution in [3.8, 4) is 6.07 Å². The molecule has 1 aliphatic heterocycles. The van der Waals surface area contributed by atoms with Gasteiger partial charge in [0.25, 0.3) is 0 Å². The zero-order chi connectivity index (χ0) is 11.6. The number of hydrogen-bond donors (Lipinski definition) is 0. The van der Waals surface area contributed by atoms with Crippen molar-refractivity contribution in [2.75, 3.05) is 5.75 Å². The molecule has 0 aromatic heterocycles. The van der Waals surface area contributed by atoms with Crippen molar-refractivity contribution in [2.24, 2.45) is 0 Å². The molecule has 16 heavy (non-hydrogen) atoms. The van der Waals surface area contributed by atoms with Crippen molar-refractivity contribution in [3.05, 3.63) is 33.8 Å².